The van der Waals surface area contributed by atoms with E-state index in [2.05, 4.69) is 10.3 Å². The third-order valence-corrected chi connectivity index (χ3v) is 3.30. The fraction of sp³-hybridized carbons (Fsp3) is 0.462. The highest BCUT2D eigenvalue weighted by atomic mass is 16.2. The first kappa shape index (κ1) is 13.3. The summed E-state index contributed by atoms with van der Waals surface area (Å²) >= 11 is 0. The van der Waals surface area contributed by atoms with Crippen molar-refractivity contribution in [2.75, 3.05) is 13.1 Å². The van der Waals surface area contributed by atoms with Crippen LogP contribution in [0, 0.1) is 0 Å². The third-order valence-electron chi connectivity index (χ3n) is 3.30. The summed E-state index contributed by atoms with van der Waals surface area (Å²) in [5.41, 5.74) is 0.816. The van der Waals surface area contributed by atoms with Crippen molar-refractivity contribution in [2.24, 2.45) is 0 Å². The van der Waals surface area contributed by atoms with Crippen molar-refractivity contribution in [1.82, 2.24) is 15.2 Å². The van der Waals surface area contributed by atoms with Crippen LogP contribution >= 0.6 is 0 Å². The number of carbonyl (C=O) groups is 3. The zero-order chi connectivity index (χ0) is 14.0. The molecule has 1 atom stereocenters. The number of hydrogen-bond donors (Lipinski definition) is 2. The predicted molar refractivity (Wildman–Crippen MR) is 68.9 cm³/mol. The number of H-pyrrole nitrogens is 1. The lowest BCUT2D eigenvalue weighted by atomic mass is 10.1. The van der Waals surface area contributed by atoms with Gasteiger partial charge in [0.1, 0.15) is 11.7 Å². The van der Waals surface area contributed by atoms with Gasteiger partial charge in [0.05, 0.1) is 0 Å². The molecule has 2 heterocycles. The number of ketones is 1. The summed E-state index contributed by atoms with van der Waals surface area (Å²) < 4.78 is 0. The summed E-state index contributed by atoms with van der Waals surface area (Å²) in [6.45, 7) is 4.25. The number of rotatable bonds is 3. The van der Waals surface area contributed by atoms with E-state index in [0.717, 1.165) is 0 Å². The summed E-state index contributed by atoms with van der Waals surface area (Å²) in [6, 6.07) is 1.09. The van der Waals surface area contributed by atoms with Gasteiger partial charge in [-0.25, -0.2) is 0 Å². The van der Waals surface area contributed by atoms with E-state index in [1.807, 2.05) is 6.92 Å². The van der Waals surface area contributed by atoms with Gasteiger partial charge in [0.2, 0.25) is 5.91 Å². The average molecular weight is 263 g/mol. The number of amides is 2. The molecule has 0 aromatic carbocycles. The highest BCUT2D eigenvalue weighted by Crippen LogP contribution is 2.14. The van der Waals surface area contributed by atoms with Crippen molar-refractivity contribution >= 4 is 17.6 Å². The molecule has 1 unspecified atom stereocenters. The monoisotopic (exact) mass is 263 g/mol. The number of nitrogens with one attached hydrogen (secondary N) is 2. The SMILES string of the molecule is CCC1C(=O)NCCN1C(=O)c1cc(C(C)=O)c[nH]1. The minimum atomic E-state index is -0.440. The molecule has 0 saturated carbocycles. The Hall–Kier alpha value is -2.11. The Bertz CT molecular complexity index is 521. The molecule has 1 fully saturated rings. The van der Waals surface area contributed by atoms with E-state index in [-0.39, 0.29) is 17.6 Å². The van der Waals surface area contributed by atoms with Crippen LogP contribution in [0.2, 0.25) is 0 Å². The highest BCUT2D eigenvalue weighted by molar-refractivity contribution is 6.00. The van der Waals surface area contributed by atoms with Crippen molar-refractivity contribution in [1.29, 1.82) is 0 Å². The van der Waals surface area contributed by atoms with Crippen LogP contribution in [0.1, 0.15) is 41.1 Å². The molecule has 1 aliphatic heterocycles. The second-order valence-electron chi connectivity index (χ2n) is 4.57. The van der Waals surface area contributed by atoms with Crippen LogP contribution in [-0.4, -0.2) is 46.6 Å². The zero-order valence-corrected chi connectivity index (χ0v) is 11.0. The Kier molecular flexibility index (Phi) is 3.69. The Balaban J connectivity index is 2.21. The number of nitrogens with zero attached hydrogens (tertiary/aromatic N) is 1. The van der Waals surface area contributed by atoms with E-state index in [4.69, 9.17) is 0 Å². The predicted octanol–water partition coefficient (Wildman–Crippen LogP) is 0.568. The number of Topliss-reactive ketones (excluding diaryl/α,β-unsaturated/α-hetero) is 1. The Morgan fingerprint density at radius 1 is 1.47 bits per heavy atom. The summed E-state index contributed by atoms with van der Waals surface area (Å²) in [5.74, 6) is -0.464. The maximum Gasteiger partial charge on any atom is 0.271 e. The number of piperazine rings is 1. The fourth-order valence-corrected chi connectivity index (χ4v) is 2.24. The first-order chi connectivity index (χ1) is 9.04. The summed E-state index contributed by atoms with van der Waals surface area (Å²) in [5, 5.41) is 2.75. The lowest BCUT2D eigenvalue weighted by Gasteiger charge is -2.34. The van der Waals surface area contributed by atoms with Crippen LogP contribution in [0.25, 0.3) is 0 Å². The van der Waals surface area contributed by atoms with Crippen molar-refractivity contribution in [3.05, 3.63) is 23.5 Å². The molecule has 1 saturated heterocycles. The minimum absolute atomic E-state index is 0.0984. The van der Waals surface area contributed by atoms with Crippen LogP contribution in [0.3, 0.4) is 0 Å². The van der Waals surface area contributed by atoms with E-state index in [9.17, 15) is 14.4 Å². The van der Waals surface area contributed by atoms with Crippen LogP contribution in [0.4, 0.5) is 0 Å². The fourth-order valence-electron chi connectivity index (χ4n) is 2.24. The van der Waals surface area contributed by atoms with Crippen molar-refractivity contribution in [3.8, 4) is 0 Å². The molecule has 0 radical (unpaired) electrons. The Morgan fingerprint density at radius 3 is 2.79 bits per heavy atom. The van der Waals surface area contributed by atoms with Gasteiger partial charge in [0.15, 0.2) is 5.78 Å². The Labute approximate surface area is 111 Å². The van der Waals surface area contributed by atoms with Crippen LogP contribution in [0.15, 0.2) is 12.3 Å². The molecule has 19 heavy (non-hydrogen) atoms. The number of aromatic amines is 1. The first-order valence-electron chi connectivity index (χ1n) is 6.32. The molecule has 6 heteroatoms. The van der Waals surface area contributed by atoms with Gasteiger partial charge in [0, 0.05) is 24.8 Å². The number of aromatic nitrogens is 1. The van der Waals surface area contributed by atoms with E-state index in [1.165, 1.54) is 19.2 Å². The molecule has 1 aromatic rings. The molecule has 0 spiro atoms. The molecule has 6 nitrogen and oxygen atoms in total. The van der Waals surface area contributed by atoms with Gasteiger partial charge in [-0.2, -0.15) is 0 Å². The molecule has 0 bridgehead atoms. The van der Waals surface area contributed by atoms with Crippen molar-refractivity contribution < 1.29 is 14.4 Å². The summed E-state index contributed by atoms with van der Waals surface area (Å²) in [4.78, 5) is 39.6. The second kappa shape index (κ2) is 5.26. The topological polar surface area (TPSA) is 82.3 Å². The molecule has 102 valence electrons. The maximum atomic E-state index is 12.4. The first-order valence-corrected chi connectivity index (χ1v) is 6.32. The van der Waals surface area contributed by atoms with Gasteiger partial charge in [-0.15, -0.1) is 0 Å². The lowest BCUT2D eigenvalue weighted by molar-refractivity contribution is -0.127. The van der Waals surface area contributed by atoms with E-state index in [0.29, 0.717) is 30.8 Å². The zero-order valence-electron chi connectivity index (χ0n) is 11.0. The van der Waals surface area contributed by atoms with E-state index < -0.39 is 6.04 Å². The molecular formula is C13H17N3O3. The molecule has 2 N–H and O–H groups in total. The van der Waals surface area contributed by atoms with Gasteiger partial charge in [-0.3, -0.25) is 14.4 Å². The molecule has 0 aliphatic carbocycles. The van der Waals surface area contributed by atoms with Crippen molar-refractivity contribution in [2.45, 2.75) is 26.3 Å². The summed E-state index contributed by atoms with van der Waals surface area (Å²) in [7, 11) is 0. The second-order valence-corrected chi connectivity index (χ2v) is 4.57. The molecular weight excluding hydrogens is 246 g/mol. The normalized spacial score (nSPS) is 19.2. The van der Waals surface area contributed by atoms with Gasteiger partial charge in [-0.1, -0.05) is 6.92 Å². The molecule has 1 aromatic heterocycles. The number of carbonyl (C=O) groups excluding carboxylic acids is 3. The number of hydrogen-bond acceptors (Lipinski definition) is 3. The quantitative estimate of drug-likeness (QED) is 0.782. The van der Waals surface area contributed by atoms with Crippen LogP contribution in [-0.2, 0) is 4.79 Å². The van der Waals surface area contributed by atoms with Gasteiger partial charge >= 0.3 is 0 Å². The highest BCUT2D eigenvalue weighted by Gasteiger charge is 2.32. The average Bonchev–Trinajstić information content (AvgIpc) is 2.87. The van der Waals surface area contributed by atoms with Crippen molar-refractivity contribution in [3.63, 3.8) is 0 Å². The molecule has 1 aliphatic rings. The van der Waals surface area contributed by atoms with Gasteiger partial charge in [0.25, 0.3) is 5.91 Å². The summed E-state index contributed by atoms with van der Waals surface area (Å²) in [6.07, 6.45) is 2.08. The van der Waals surface area contributed by atoms with Crippen LogP contribution in [0.5, 0.6) is 0 Å². The van der Waals surface area contributed by atoms with Gasteiger partial charge in [-0.05, 0) is 19.4 Å². The van der Waals surface area contributed by atoms with Crippen LogP contribution < -0.4 is 5.32 Å². The maximum absolute atomic E-state index is 12.4. The third kappa shape index (κ3) is 2.52. The minimum Gasteiger partial charge on any atom is -0.356 e. The van der Waals surface area contributed by atoms with Gasteiger partial charge < -0.3 is 15.2 Å². The molecule has 2 rings (SSSR count). The molecule has 2 amide bonds. The smallest absolute Gasteiger partial charge is 0.271 e. The van der Waals surface area contributed by atoms with E-state index >= 15 is 0 Å². The largest absolute Gasteiger partial charge is 0.356 e. The van der Waals surface area contributed by atoms with E-state index in [1.54, 1.807) is 4.90 Å². The Morgan fingerprint density at radius 2 is 2.21 bits per heavy atom. The lowest BCUT2D eigenvalue weighted by Crippen LogP contribution is -2.56. The standard InChI is InChI=1S/C13H17N3O3/c1-3-11-12(18)14-4-5-16(11)13(19)10-6-9(7-15-10)8(2)17/h6-7,11,15H,3-5H2,1-2H3,(H,14,18).